The van der Waals surface area contributed by atoms with Crippen molar-refractivity contribution in [2.75, 3.05) is 0 Å². The van der Waals surface area contributed by atoms with Crippen LogP contribution in [0, 0.1) is 15.9 Å². The van der Waals surface area contributed by atoms with Crippen LogP contribution in [0.5, 0.6) is 5.75 Å². The molecule has 0 N–H and O–H groups in total. The predicted octanol–water partition coefficient (Wildman–Crippen LogP) is 2.64. The van der Waals surface area contributed by atoms with E-state index in [1.54, 1.807) is 0 Å². The fraction of sp³-hybridized carbons (Fsp3) is 0.0769. The molecule has 0 aliphatic carbocycles. The van der Waals surface area contributed by atoms with E-state index in [4.69, 9.17) is 9.15 Å². The second-order valence-corrected chi connectivity index (χ2v) is 5.21. The van der Waals surface area contributed by atoms with Crippen molar-refractivity contribution in [1.82, 2.24) is 20.2 Å². The monoisotopic (exact) mass is 349 g/mol. The largest absolute Gasteiger partial charge is 0.484 e. The van der Waals surface area contributed by atoms with E-state index in [2.05, 4.69) is 20.2 Å². The number of ether oxygens (including phenoxy) is 1. The van der Waals surface area contributed by atoms with Crippen molar-refractivity contribution in [3.63, 3.8) is 0 Å². The van der Waals surface area contributed by atoms with Gasteiger partial charge in [-0.1, -0.05) is 0 Å². The summed E-state index contributed by atoms with van der Waals surface area (Å²) in [7, 11) is 0. The Kier molecular flexibility index (Phi) is 4.61. The number of benzene rings is 1. The lowest BCUT2D eigenvalue weighted by Gasteiger charge is -2.02. The average Bonchev–Trinajstić information content (AvgIpc) is 3.02. The Hall–Kier alpha value is -3.08. The van der Waals surface area contributed by atoms with Gasteiger partial charge in [-0.05, 0) is 24.3 Å². The molecule has 0 spiro atoms. The lowest BCUT2D eigenvalue weighted by atomic mass is 10.3. The zero-order valence-corrected chi connectivity index (χ0v) is 12.6. The highest BCUT2D eigenvalue weighted by molar-refractivity contribution is 7.98. The van der Waals surface area contributed by atoms with E-state index < -0.39 is 4.92 Å². The first-order valence-electron chi connectivity index (χ1n) is 6.45. The fourth-order valence-corrected chi connectivity index (χ4v) is 2.13. The van der Waals surface area contributed by atoms with Crippen LogP contribution in [0.2, 0.25) is 0 Å². The third kappa shape index (κ3) is 4.01. The molecular formula is C13H8FN5O4S. The first kappa shape index (κ1) is 15.8. The van der Waals surface area contributed by atoms with Gasteiger partial charge in [0, 0.05) is 11.8 Å². The maximum Gasteiger partial charge on any atom is 0.305 e. The highest BCUT2D eigenvalue weighted by atomic mass is 32.2. The summed E-state index contributed by atoms with van der Waals surface area (Å²) in [5, 5.41) is 18.5. The number of nitro groups is 1. The number of hydrogen-bond donors (Lipinski definition) is 0. The predicted molar refractivity (Wildman–Crippen MR) is 77.8 cm³/mol. The molecule has 2 heterocycles. The third-order valence-electron chi connectivity index (χ3n) is 2.63. The highest BCUT2D eigenvalue weighted by Crippen LogP contribution is 2.24. The molecule has 0 fully saturated rings. The zero-order valence-electron chi connectivity index (χ0n) is 11.8. The molecular weight excluding hydrogens is 341 g/mol. The van der Waals surface area contributed by atoms with Crippen molar-refractivity contribution in [3.05, 3.63) is 58.5 Å². The van der Waals surface area contributed by atoms with Gasteiger partial charge >= 0.3 is 5.69 Å². The smallest absolute Gasteiger partial charge is 0.305 e. The molecule has 0 unspecified atom stereocenters. The quantitative estimate of drug-likeness (QED) is 0.376. The van der Waals surface area contributed by atoms with Gasteiger partial charge in [-0.15, -0.1) is 10.2 Å². The van der Waals surface area contributed by atoms with Gasteiger partial charge in [0.2, 0.25) is 0 Å². The SMILES string of the molecule is O=[N+]([O-])c1cnc(Sc2nnc(COc3ccc(F)cc3)o2)nc1. The van der Waals surface area contributed by atoms with Crippen LogP contribution < -0.4 is 4.74 Å². The Labute approximate surface area is 138 Å². The summed E-state index contributed by atoms with van der Waals surface area (Å²) in [5.41, 5.74) is -0.210. The van der Waals surface area contributed by atoms with Gasteiger partial charge in [0.15, 0.2) is 11.8 Å². The Morgan fingerprint density at radius 2 is 1.92 bits per heavy atom. The Balaban J connectivity index is 1.58. The van der Waals surface area contributed by atoms with Crippen molar-refractivity contribution < 1.29 is 18.5 Å². The summed E-state index contributed by atoms with van der Waals surface area (Å²) >= 11 is 0.962. The molecule has 3 aromatic rings. The van der Waals surface area contributed by atoms with Gasteiger partial charge in [0.25, 0.3) is 11.1 Å². The molecule has 1 aromatic carbocycles. The molecule has 0 bridgehead atoms. The normalized spacial score (nSPS) is 10.5. The van der Waals surface area contributed by atoms with Crippen LogP contribution in [-0.2, 0) is 6.61 Å². The minimum atomic E-state index is -0.591. The molecule has 3 rings (SSSR count). The van der Waals surface area contributed by atoms with Gasteiger partial charge in [-0.3, -0.25) is 10.1 Å². The molecule has 24 heavy (non-hydrogen) atoms. The molecule has 0 aliphatic rings. The molecule has 9 nitrogen and oxygen atoms in total. The lowest BCUT2D eigenvalue weighted by Crippen LogP contribution is -1.95. The van der Waals surface area contributed by atoms with E-state index in [9.17, 15) is 14.5 Å². The maximum atomic E-state index is 12.8. The summed E-state index contributed by atoms with van der Waals surface area (Å²) < 4.78 is 23.5. The number of hydrogen-bond acceptors (Lipinski definition) is 9. The average molecular weight is 349 g/mol. The van der Waals surface area contributed by atoms with Gasteiger partial charge in [0.05, 0.1) is 4.92 Å². The standard InChI is InChI=1S/C13H8FN5O4S/c14-8-1-3-10(4-2-8)22-7-11-17-18-13(23-11)24-12-15-5-9(6-16-12)19(20)21/h1-6H,7H2. The minimum Gasteiger partial charge on any atom is -0.484 e. The van der Waals surface area contributed by atoms with Gasteiger partial charge in [-0.2, -0.15) is 0 Å². The molecule has 0 aliphatic heterocycles. The van der Waals surface area contributed by atoms with Crippen LogP contribution in [0.4, 0.5) is 10.1 Å². The van der Waals surface area contributed by atoms with E-state index in [0.29, 0.717) is 5.75 Å². The second-order valence-electron chi connectivity index (χ2n) is 4.29. The van der Waals surface area contributed by atoms with Gasteiger partial charge in [0.1, 0.15) is 24.0 Å². The first-order chi connectivity index (χ1) is 11.6. The minimum absolute atomic E-state index is 0.0142. The van der Waals surface area contributed by atoms with Crippen molar-refractivity contribution in [3.8, 4) is 5.75 Å². The van der Waals surface area contributed by atoms with Crippen LogP contribution >= 0.6 is 11.8 Å². The van der Waals surface area contributed by atoms with E-state index in [1.807, 2.05) is 0 Å². The first-order valence-corrected chi connectivity index (χ1v) is 7.27. The molecule has 0 radical (unpaired) electrons. The summed E-state index contributed by atoms with van der Waals surface area (Å²) in [6, 6.07) is 5.50. The number of nitrogens with zero attached hydrogens (tertiary/aromatic N) is 5. The summed E-state index contributed by atoms with van der Waals surface area (Å²) in [4.78, 5) is 17.6. The van der Waals surface area contributed by atoms with Gasteiger partial charge in [-0.25, -0.2) is 14.4 Å². The summed E-state index contributed by atoms with van der Waals surface area (Å²) in [5.74, 6) is 0.313. The van der Waals surface area contributed by atoms with Crippen LogP contribution in [0.25, 0.3) is 0 Å². The van der Waals surface area contributed by atoms with Crippen LogP contribution in [0.15, 0.2) is 51.5 Å². The van der Waals surface area contributed by atoms with Crippen molar-refractivity contribution in [2.24, 2.45) is 0 Å². The van der Waals surface area contributed by atoms with E-state index in [0.717, 1.165) is 24.2 Å². The topological polar surface area (TPSA) is 117 Å². The molecule has 0 saturated heterocycles. The fourth-order valence-electron chi connectivity index (χ4n) is 1.55. The van der Waals surface area contributed by atoms with Crippen LogP contribution in [0.3, 0.4) is 0 Å². The molecule has 2 aromatic heterocycles. The van der Waals surface area contributed by atoms with Crippen molar-refractivity contribution >= 4 is 17.4 Å². The molecule has 0 amide bonds. The van der Waals surface area contributed by atoms with E-state index >= 15 is 0 Å². The number of rotatable bonds is 6. The molecule has 122 valence electrons. The van der Waals surface area contributed by atoms with Crippen molar-refractivity contribution in [1.29, 1.82) is 0 Å². The van der Waals surface area contributed by atoms with E-state index in [1.165, 1.54) is 24.3 Å². The number of halogens is 1. The Morgan fingerprint density at radius 1 is 1.21 bits per heavy atom. The highest BCUT2D eigenvalue weighted by Gasteiger charge is 2.12. The van der Waals surface area contributed by atoms with Crippen LogP contribution in [-0.4, -0.2) is 25.1 Å². The Bertz CT molecular complexity index is 840. The van der Waals surface area contributed by atoms with Crippen molar-refractivity contribution in [2.45, 2.75) is 17.0 Å². The summed E-state index contributed by atoms with van der Waals surface area (Å²) in [6.45, 7) is 0.0142. The molecule has 11 heteroatoms. The molecule has 0 atom stereocenters. The molecule has 0 saturated carbocycles. The number of aromatic nitrogens is 4. The third-order valence-corrected chi connectivity index (χ3v) is 3.36. The summed E-state index contributed by atoms with van der Waals surface area (Å²) in [6.07, 6.45) is 2.18. The Morgan fingerprint density at radius 3 is 2.58 bits per heavy atom. The second kappa shape index (κ2) is 7.00. The lowest BCUT2D eigenvalue weighted by molar-refractivity contribution is -0.385. The van der Waals surface area contributed by atoms with E-state index in [-0.39, 0.29) is 34.4 Å². The van der Waals surface area contributed by atoms with Gasteiger partial charge < -0.3 is 9.15 Å². The maximum absolute atomic E-state index is 12.8. The zero-order chi connectivity index (χ0) is 16.9. The van der Waals surface area contributed by atoms with Crippen LogP contribution in [0.1, 0.15) is 5.89 Å².